The van der Waals surface area contributed by atoms with Gasteiger partial charge in [-0.15, -0.1) is 0 Å². The molecule has 0 spiro atoms. The van der Waals surface area contributed by atoms with Crippen LogP contribution in [0.15, 0.2) is 41.1 Å². The number of para-hydroxylation sites is 2. The van der Waals surface area contributed by atoms with E-state index < -0.39 is 6.10 Å². The quantitative estimate of drug-likeness (QED) is 0.733. The van der Waals surface area contributed by atoms with E-state index in [0.29, 0.717) is 6.01 Å². The minimum atomic E-state index is -0.547. The molecule has 2 aliphatic rings. The number of rotatable bonds is 4. The Bertz CT molecular complexity index is 898. The molecule has 5 rings (SSSR count). The first-order chi connectivity index (χ1) is 13.3. The summed E-state index contributed by atoms with van der Waals surface area (Å²) in [7, 11) is 0. The van der Waals surface area contributed by atoms with E-state index in [1.165, 1.54) is 0 Å². The van der Waals surface area contributed by atoms with Gasteiger partial charge in [0.25, 0.3) is 6.01 Å². The zero-order valence-corrected chi connectivity index (χ0v) is 15.1. The van der Waals surface area contributed by atoms with Crippen LogP contribution in [0.25, 0.3) is 11.1 Å². The number of aliphatic hydroxyl groups is 1. The van der Waals surface area contributed by atoms with Gasteiger partial charge in [0, 0.05) is 31.4 Å². The molecule has 3 aromatic rings. The lowest BCUT2D eigenvalue weighted by Gasteiger charge is -2.39. The molecular weight excluding hydrogens is 342 g/mol. The van der Waals surface area contributed by atoms with E-state index in [9.17, 15) is 5.11 Å². The van der Waals surface area contributed by atoms with Gasteiger partial charge in [-0.25, -0.2) is 0 Å². The van der Waals surface area contributed by atoms with Crippen molar-refractivity contribution in [3.63, 3.8) is 0 Å². The molecular formula is C20H23N5O2. The number of oxazole rings is 1. The van der Waals surface area contributed by atoms with Gasteiger partial charge in [-0.05, 0) is 44.0 Å². The molecule has 0 aliphatic carbocycles. The zero-order chi connectivity index (χ0) is 18.2. The van der Waals surface area contributed by atoms with E-state index in [1.54, 1.807) is 12.4 Å². The van der Waals surface area contributed by atoms with Gasteiger partial charge in [-0.2, -0.15) is 4.98 Å². The van der Waals surface area contributed by atoms with Crippen molar-refractivity contribution in [2.45, 2.75) is 24.9 Å². The van der Waals surface area contributed by atoms with Crippen LogP contribution in [-0.4, -0.2) is 46.2 Å². The number of hydrogen-bond acceptors (Lipinski definition) is 7. The number of piperidine rings is 1. The van der Waals surface area contributed by atoms with Crippen molar-refractivity contribution < 1.29 is 9.52 Å². The Morgan fingerprint density at radius 2 is 1.89 bits per heavy atom. The molecule has 4 heterocycles. The van der Waals surface area contributed by atoms with E-state index in [1.807, 2.05) is 24.3 Å². The van der Waals surface area contributed by atoms with Crippen molar-refractivity contribution in [2.24, 2.45) is 5.92 Å². The van der Waals surface area contributed by atoms with Gasteiger partial charge in [0.15, 0.2) is 5.58 Å². The third kappa shape index (κ3) is 3.07. The highest BCUT2D eigenvalue weighted by atomic mass is 16.4. The summed E-state index contributed by atoms with van der Waals surface area (Å²) < 4.78 is 5.85. The Labute approximate surface area is 157 Å². The number of aliphatic hydroxyl groups excluding tert-OH is 1. The van der Waals surface area contributed by atoms with E-state index >= 15 is 0 Å². The van der Waals surface area contributed by atoms with Crippen molar-refractivity contribution in [1.82, 2.24) is 20.3 Å². The van der Waals surface area contributed by atoms with Crippen LogP contribution in [0.5, 0.6) is 0 Å². The summed E-state index contributed by atoms with van der Waals surface area (Å²) in [4.78, 5) is 15.7. The molecule has 2 aromatic heterocycles. The van der Waals surface area contributed by atoms with Crippen LogP contribution in [0.3, 0.4) is 0 Å². The maximum absolute atomic E-state index is 10.9. The maximum Gasteiger partial charge on any atom is 0.298 e. The number of aromatic nitrogens is 3. The lowest BCUT2D eigenvalue weighted by molar-refractivity contribution is 0.0832. The minimum absolute atomic E-state index is 0.236. The second-order valence-electron chi connectivity index (χ2n) is 7.43. The summed E-state index contributed by atoms with van der Waals surface area (Å²) in [6, 6.07) is 8.44. The Hall–Kier alpha value is -2.51. The van der Waals surface area contributed by atoms with E-state index in [0.717, 1.165) is 61.5 Å². The zero-order valence-electron chi connectivity index (χ0n) is 15.1. The van der Waals surface area contributed by atoms with Crippen LogP contribution >= 0.6 is 0 Å². The number of fused-ring (bicyclic) bond motifs is 1. The third-order valence-corrected chi connectivity index (χ3v) is 5.69. The lowest BCUT2D eigenvalue weighted by Crippen LogP contribution is -2.46. The Kier molecular flexibility index (Phi) is 4.26. The normalized spacial score (nSPS) is 20.0. The summed E-state index contributed by atoms with van der Waals surface area (Å²) in [6.07, 6.45) is 4.79. The predicted octanol–water partition coefficient (Wildman–Crippen LogP) is 2.25. The first-order valence-electron chi connectivity index (χ1n) is 9.59. The van der Waals surface area contributed by atoms with E-state index in [4.69, 9.17) is 4.42 Å². The molecule has 1 atom stereocenters. The summed E-state index contributed by atoms with van der Waals surface area (Å²) >= 11 is 0. The van der Waals surface area contributed by atoms with Crippen molar-refractivity contribution in [3.8, 4) is 0 Å². The van der Waals surface area contributed by atoms with Crippen molar-refractivity contribution >= 4 is 17.1 Å². The molecule has 0 amide bonds. The number of anilines is 1. The fourth-order valence-corrected chi connectivity index (χ4v) is 4.09. The number of hydrogen-bond donors (Lipinski definition) is 2. The molecule has 1 aromatic carbocycles. The van der Waals surface area contributed by atoms with Gasteiger partial charge in [0.05, 0.1) is 11.4 Å². The first kappa shape index (κ1) is 16.6. The van der Waals surface area contributed by atoms with Crippen molar-refractivity contribution in [2.75, 3.05) is 31.1 Å². The smallest absolute Gasteiger partial charge is 0.298 e. The summed E-state index contributed by atoms with van der Waals surface area (Å²) in [6.45, 7) is 3.45. The summed E-state index contributed by atoms with van der Waals surface area (Å²) in [5, 5.41) is 14.2. The van der Waals surface area contributed by atoms with Gasteiger partial charge < -0.3 is 19.7 Å². The molecule has 1 unspecified atom stereocenters. The Morgan fingerprint density at radius 1 is 1.11 bits per heavy atom. The van der Waals surface area contributed by atoms with Crippen molar-refractivity contribution in [1.29, 1.82) is 0 Å². The molecule has 7 nitrogen and oxygen atoms in total. The second kappa shape index (κ2) is 6.90. The highest BCUT2D eigenvalue weighted by Gasteiger charge is 2.36. The lowest BCUT2D eigenvalue weighted by atomic mass is 9.86. The van der Waals surface area contributed by atoms with E-state index in [2.05, 4.69) is 25.2 Å². The average Bonchev–Trinajstić information content (AvgIpc) is 3.11. The fourth-order valence-electron chi connectivity index (χ4n) is 4.09. The third-order valence-electron chi connectivity index (χ3n) is 5.69. The molecule has 27 heavy (non-hydrogen) atoms. The monoisotopic (exact) mass is 365 g/mol. The topological polar surface area (TPSA) is 87.3 Å². The standard InChI is InChI=1S/C20H23N5O2/c26-19(13-5-7-21-8-6-13)18-17(22-9-10-23-18)14-11-25(12-14)20-24-15-3-1-2-4-16(15)27-20/h1-4,9-10,13-14,19,21,26H,5-8,11-12H2. The van der Waals surface area contributed by atoms with Crippen LogP contribution < -0.4 is 10.2 Å². The van der Waals surface area contributed by atoms with Gasteiger partial charge in [0.1, 0.15) is 11.6 Å². The van der Waals surface area contributed by atoms with Crippen LogP contribution in [0.4, 0.5) is 6.01 Å². The highest BCUT2D eigenvalue weighted by Crippen LogP contribution is 2.36. The molecule has 2 fully saturated rings. The van der Waals surface area contributed by atoms with Crippen LogP contribution in [0, 0.1) is 5.92 Å². The molecule has 0 bridgehead atoms. The second-order valence-corrected chi connectivity index (χ2v) is 7.43. The van der Waals surface area contributed by atoms with Gasteiger partial charge >= 0.3 is 0 Å². The highest BCUT2D eigenvalue weighted by molar-refractivity contribution is 5.74. The Balaban J connectivity index is 1.33. The molecule has 140 valence electrons. The van der Waals surface area contributed by atoms with Crippen LogP contribution in [0.1, 0.15) is 36.3 Å². The summed E-state index contributed by atoms with van der Waals surface area (Å²) in [5.74, 6) is 0.481. The summed E-state index contributed by atoms with van der Waals surface area (Å²) in [5.41, 5.74) is 3.33. The number of nitrogens with zero attached hydrogens (tertiary/aromatic N) is 4. The largest absolute Gasteiger partial charge is 0.423 e. The Morgan fingerprint density at radius 3 is 2.70 bits per heavy atom. The average molecular weight is 365 g/mol. The number of nitrogens with one attached hydrogen (secondary N) is 1. The molecule has 0 saturated carbocycles. The maximum atomic E-state index is 10.9. The van der Waals surface area contributed by atoms with E-state index in [-0.39, 0.29) is 11.8 Å². The fraction of sp³-hybridized carbons (Fsp3) is 0.450. The predicted molar refractivity (Wildman–Crippen MR) is 102 cm³/mol. The SMILES string of the molecule is OC(c1nccnc1C1CN(c2nc3ccccc3o2)C1)C1CCNCC1. The van der Waals surface area contributed by atoms with Crippen LogP contribution in [-0.2, 0) is 0 Å². The minimum Gasteiger partial charge on any atom is -0.423 e. The molecule has 2 saturated heterocycles. The van der Waals surface area contributed by atoms with Crippen LogP contribution in [0.2, 0.25) is 0 Å². The number of benzene rings is 1. The molecule has 0 radical (unpaired) electrons. The first-order valence-corrected chi connectivity index (χ1v) is 9.59. The molecule has 2 N–H and O–H groups in total. The van der Waals surface area contributed by atoms with Crippen molar-refractivity contribution in [3.05, 3.63) is 48.0 Å². The van der Waals surface area contributed by atoms with Gasteiger partial charge in [0.2, 0.25) is 0 Å². The van der Waals surface area contributed by atoms with Gasteiger partial charge in [-0.1, -0.05) is 12.1 Å². The molecule has 7 heteroatoms. The molecule has 2 aliphatic heterocycles. The van der Waals surface area contributed by atoms with Gasteiger partial charge in [-0.3, -0.25) is 9.97 Å².